The minimum atomic E-state index is 0.125. The Balaban J connectivity index is 1.37. The summed E-state index contributed by atoms with van der Waals surface area (Å²) in [5, 5.41) is 8.24. The molecule has 0 spiro atoms. The molecule has 9 heteroatoms. The van der Waals surface area contributed by atoms with Gasteiger partial charge in [0.15, 0.2) is 11.5 Å². The van der Waals surface area contributed by atoms with Gasteiger partial charge < -0.3 is 20.7 Å². The van der Waals surface area contributed by atoms with E-state index in [1.807, 2.05) is 64.2 Å². The molecule has 0 aliphatic carbocycles. The van der Waals surface area contributed by atoms with Gasteiger partial charge in [-0.05, 0) is 56.3 Å². The number of piperidine rings is 1. The van der Waals surface area contributed by atoms with Gasteiger partial charge in [-0.3, -0.25) is 4.79 Å². The number of hydrogen-bond donors (Lipinski definition) is 2. The zero-order chi connectivity index (χ0) is 23.5. The smallest absolute Gasteiger partial charge is 0.236 e. The second-order valence-electron chi connectivity index (χ2n) is 8.34. The minimum absolute atomic E-state index is 0.125. The Morgan fingerprint density at radius 1 is 1.06 bits per heavy atom. The van der Waals surface area contributed by atoms with Crippen molar-refractivity contribution in [2.45, 2.75) is 18.9 Å². The number of nitrogens with two attached hydrogens (primary N) is 1. The quantitative estimate of drug-likeness (QED) is 0.457. The third-order valence-electron chi connectivity index (χ3n) is 6.07. The fraction of sp³-hybridized carbons (Fsp3) is 0.280. The Bertz CT molecular complexity index is 1280. The van der Waals surface area contributed by atoms with Gasteiger partial charge >= 0.3 is 0 Å². The largest absolute Gasteiger partial charge is 0.457 e. The molecule has 34 heavy (non-hydrogen) atoms. The molecule has 3 heterocycles. The lowest BCUT2D eigenvalue weighted by molar-refractivity contribution is -0.131. The highest BCUT2D eigenvalue weighted by atomic mass is 16.5. The topological polar surface area (TPSA) is 111 Å². The number of ether oxygens (including phenoxy) is 1. The fourth-order valence-corrected chi connectivity index (χ4v) is 4.26. The number of para-hydroxylation sites is 1. The van der Waals surface area contributed by atoms with E-state index >= 15 is 0 Å². The number of carbonyl (C=O) groups is 1. The van der Waals surface area contributed by atoms with Gasteiger partial charge in [0.2, 0.25) is 5.91 Å². The molecule has 1 aliphatic rings. The molecule has 2 aromatic carbocycles. The van der Waals surface area contributed by atoms with E-state index in [1.54, 1.807) is 13.2 Å². The first-order valence-electron chi connectivity index (χ1n) is 11.4. The minimum Gasteiger partial charge on any atom is -0.457 e. The predicted octanol–water partition coefficient (Wildman–Crippen LogP) is 3.25. The van der Waals surface area contributed by atoms with Gasteiger partial charge in [-0.15, -0.1) is 0 Å². The van der Waals surface area contributed by atoms with Crippen molar-refractivity contribution in [1.82, 2.24) is 30.0 Å². The molecule has 1 saturated heterocycles. The zero-order valence-corrected chi connectivity index (χ0v) is 19.0. The number of nitrogens with one attached hydrogen (secondary N) is 1. The van der Waals surface area contributed by atoms with Crippen LogP contribution in [0.15, 0.2) is 60.8 Å². The summed E-state index contributed by atoms with van der Waals surface area (Å²) in [5.41, 5.74) is 7.83. The molecule has 1 fully saturated rings. The van der Waals surface area contributed by atoms with Crippen LogP contribution < -0.4 is 15.8 Å². The van der Waals surface area contributed by atoms with Crippen LogP contribution in [0, 0.1) is 0 Å². The van der Waals surface area contributed by atoms with Gasteiger partial charge in [-0.25, -0.2) is 14.6 Å². The van der Waals surface area contributed by atoms with E-state index in [-0.39, 0.29) is 11.9 Å². The average molecular weight is 458 g/mol. The maximum absolute atomic E-state index is 12.2. The van der Waals surface area contributed by atoms with Crippen LogP contribution in [0.2, 0.25) is 0 Å². The Morgan fingerprint density at radius 3 is 2.47 bits per heavy atom. The van der Waals surface area contributed by atoms with E-state index < -0.39 is 0 Å². The Morgan fingerprint density at radius 2 is 1.76 bits per heavy atom. The zero-order valence-electron chi connectivity index (χ0n) is 19.0. The van der Waals surface area contributed by atoms with Crippen LogP contribution in [-0.2, 0) is 4.79 Å². The van der Waals surface area contributed by atoms with Crippen LogP contribution in [0.5, 0.6) is 11.5 Å². The Labute approximate surface area is 197 Å². The first-order valence-corrected chi connectivity index (χ1v) is 11.4. The Kier molecular flexibility index (Phi) is 6.09. The van der Waals surface area contributed by atoms with Crippen LogP contribution in [0.4, 0.5) is 5.82 Å². The molecule has 0 saturated carbocycles. The van der Waals surface area contributed by atoms with Crippen molar-refractivity contribution in [3.05, 3.63) is 60.8 Å². The molecular weight excluding hydrogens is 430 g/mol. The molecule has 0 unspecified atom stereocenters. The highest BCUT2D eigenvalue weighted by Gasteiger charge is 2.26. The molecule has 1 amide bonds. The normalized spacial score (nSPS) is 14.4. The molecule has 5 rings (SSSR count). The van der Waals surface area contributed by atoms with Crippen molar-refractivity contribution >= 4 is 22.8 Å². The lowest BCUT2D eigenvalue weighted by atomic mass is 10.1. The van der Waals surface area contributed by atoms with Crippen LogP contribution in [0.25, 0.3) is 22.4 Å². The number of benzene rings is 2. The highest BCUT2D eigenvalue weighted by Crippen LogP contribution is 2.30. The standard InChI is InChI=1S/C25H27N7O2/c1-27-16-22(33)31-13-11-18(12-14-31)32-25-21(15-28-32)23(26)29-24(30-25)17-7-9-20(10-8-17)34-19-5-3-2-4-6-19/h2-10,15,18,27H,11-14,16H2,1H3,(H2,26,29,30). The number of rotatable bonds is 6. The second-order valence-corrected chi connectivity index (χ2v) is 8.34. The number of likely N-dealkylation sites (tertiary alicyclic amines) is 1. The van der Waals surface area contributed by atoms with E-state index in [2.05, 4.69) is 15.4 Å². The van der Waals surface area contributed by atoms with E-state index in [4.69, 9.17) is 15.5 Å². The summed E-state index contributed by atoms with van der Waals surface area (Å²) in [6, 6.07) is 17.4. The maximum Gasteiger partial charge on any atom is 0.236 e. The third kappa shape index (κ3) is 4.42. The number of hydrogen-bond acceptors (Lipinski definition) is 7. The van der Waals surface area contributed by atoms with Crippen LogP contribution in [-0.4, -0.2) is 57.2 Å². The maximum atomic E-state index is 12.2. The number of nitrogens with zero attached hydrogens (tertiary/aromatic N) is 5. The lowest BCUT2D eigenvalue weighted by Crippen LogP contribution is -2.42. The van der Waals surface area contributed by atoms with Crippen molar-refractivity contribution in [1.29, 1.82) is 0 Å². The summed E-state index contributed by atoms with van der Waals surface area (Å²) in [5.74, 6) is 2.57. The predicted molar refractivity (Wildman–Crippen MR) is 130 cm³/mol. The molecule has 0 atom stereocenters. The van der Waals surface area contributed by atoms with Gasteiger partial charge in [-0.2, -0.15) is 5.10 Å². The number of anilines is 1. The average Bonchev–Trinajstić information content (AvgIpc) is 3.30. The molecule has 174 valence electrons. The van der Waals surface area contributed by atoms with Gasteiger partial charge in [0.05, 0.1) is 24.2 Å². The molecule has 0 radical (unpaired) electrons. The van der Waals surface area contributed by atoms with Crippen molar-refractivity contribution in [3.63, 3.8) is 0 Å². The molecule has 4 aromatic rings. The molecule has 9 nitrogen and oxygen atoms in total. The molecule has 3 N–H and O–H groups in total. The van der Waals surface area contributed by atoms with Crippen molar-refractivity contribution < 1.29 is 9.53 Å². The van der Waals surface area contributed by atoms with Crippen molar-refractivity contribution in [2.75, 3.05) is 32.4 Å². The SMILES string of the molecule is CNCC(=O)N1CCC(n2ncc3c(N)nc(-c4ccc(Oc5ccccc5)cc4)nc32)CC1. The summed E-state index contributed by atoms with van der Waals surface area (Å²) >= 11 is 0. The summed E-state index contributed by atoms with van der Waals surface area (Å²) in [7, 11) is 1.78. The van der Waals surface area contributed by atoms with Gasteiger partial charge in [0.25, 0.3) is 0 Å². The van der Waals surface area contributed by atoms with Crippen LogP contribution >= 0.6 is 0 Å². The van der Waals surface area contributed by atoms with Crippen molar-refractivity contribution in [3.8, 4) is 22.9 Å². The van der Waals surface area contributed by atoms with Gasteiger partial charge in [0.1, 0.15) is 17.3 Å². The first kappa shape index (κ1) is 21.8. The number of amides is 1. The van der Waals surface area contributed by atoms with E-state index in [1.165, 1.54) is 0 Å². The monoisotopic (exact) mass is 457 g/mol. The third-order valence-corrected chi connectivity index (χ3v) is 6.07. The van der Waals surface area contributed by atoms with E-state index in [0.29, 0.717) is 36.9 Å². The van der Waals surface area contributed by atoms with Gasteiger partial charge in [-0.1, -0.05) is 18.2 Å². The molecule has 1 aliphatic heterocycles. The second kappa shape index (κ2) is 9.48. The van der Waals surface area contributed by atoms with Crippen molar-refractivity contribution in [2.24, 2.45) is 0 Å². The number of likely N-dealkylation sites (N-methyl/N-ethyl adjacent to an activating group) is 1. The van der Waals surface area contributed by atoms with Crippen LogP contribution in [0.1, 0.15) is 18.9 Å². The summed E-state index contributed by atoms with van der Waals surface area (Å²) < 4.78 is 7.81. The van der Waals surface area contributed by atoms with E-state index in [0.717, 1.165) is 35.3 Å². The Hall–Kier alpha value is -3.98. The fourth-order valence-electron chi connectivity index (χ4n) is 4.26. The number of nitrogen functional groups attached to an aromatic ring is 1. The molecule has 0 bridgehead atoms. The number of aromatic nitrogens is 4. The lowest BCUT2D eigenvalue weighted by Gasteiger charge is -2.32. The summed E-state index contributed by atoms with van der Waals surface area (Å²) in [4.78, 5) is 23.4. The van der Waals surface area contributed by atoms with Gasteiger partial charge in [0, 0.05) is 18.7 Å². The molecule has 2 aromatic heterocycles. The summed E-state index contributed by atoms with van der Waals surface area (Å²) in [6.07, 6.45) is 3.36. The summed E-state index contributed by atoms with van der Waals surface area (Å²) in [6.45, 7) is 1.75. The molecular formula is C25H27N7O2. The van der Waals surface area contributed by atoms with Crippen LogP contribution in [0.3, 0.4) is 0 Å². The highest BCUT2D eigenvalue weighted by molar-refractivity contribution is 5.87. The first-order chi connectivity index (χ1) is 16.6. The number of fused-ring (bicyclic) bond motifs is 1. The number of carbonyl (C=O) groups excluding carboxylic acids is 1. The van der Waals surface area contributed by atoms with E-state index in [9.17, 15) is 4.79 Å².